The van der Waals surface area contributed by atoms with Gasteiger partial charge in [0.2, 0.25) is 5.95 Å². The molecule has 6 nitrogen and oxygen atoms in total. The van der Waals surface area contributed by atoms with E-state index in [1.807, 2.05) is 24.3 Å². The molecule has 0 saturated carbocycles. The summed E-state index contributed by atoms with van der Waals surface area (Å²) >= 11 is 3.33. The minimum atomic E-state index is -0.266. The van der Waals surface area contributed by atoms with Crippen LogP contribution in [0, 0.1) is 0 Å². The predicted molar refractivity (Wildman–Crippen MR) is 90.5 cm³/mol. The standard InChI is InChI=1S/C16H13BrN4O2/c1-23-13-8-4-10(5-9-13)14-18-16(21-20-14)19-15(22)11-2-6-12(17)7-3-11/h2-9H,1H3,(H2,18,19,20,21,22). The second-order valence-electron chi connectivity index (χ2n) is 4.70. The number of nitrogens with zero attached hydrogens (tertiary/aromatic N) is 2. The first-order valence-electron chi connectivity index (χ1n) is 6.79. The molecule has 1 heterocycles. The minimum Gasteiger partial charge on any atom is -0.497 e. The molecule has 3 rings (SSSR count). The average molecular weight is 373 g/mol. The van der Waals surface area contributed by atoms with E-state index in [0.717, 1.165) is 15.8 Å². The van der Waals surface area contributed by atoms with Gasteiger partial charge in [-0.1, -0.05) is 15.9 Å². The van der Waals surface area contributed by atoms with Crippen molar-refractivity contribution in [3.63, 3.8) is 0 Å². The maximum absolute atomic E-state index is 12.1. The summed E-state index contributed by atoms with van der Waals surface area (Å²) in [5.74, 6) is 1.29. The number of carbonyl (C=O) groups is 1. The third-order valence-electron chi connectivity index (χ3n) is 3.18. The zero-order valence-corrected chi connectivity index (χ0v) is 13.8. The van der Waals surface area contributed by atoms with Crippen LogP contribution in [-0.2, 0) is 0 Å². The van der Waals surface area contributed by atoms with Crippen LogP contribution in [0.3, 0.4) is 0 Å². The van der Waals surface area contributed by atoms with E-state index in [1.165, 1.54) is 0 Å². The molecule has 2 N–H and O–H groups in total. The highest BCUT2D eigenvalue weighted by Gasteiger charge is 2.10. The number of benzene rings is 2. The number of anilines is 1. The van der Waals surface area contributed by atoms with Gasteiger partial charge in [0.1, 0.15) is 5.75 Å². The first-order valence-corrected chi connectivity index (χ1v) is 7.59. The normalized spacial score (nSPS) is 10.3. The number of halogens is 1. The van der Waals surface area contributed by atoms with Gasteiger partial charge in [-0.3, -0.25) is 15.2 Å². The van der Waals surface area contributed by atoms with Crippen molar-refractivity contribution in [1.82, 2.24) is 15.2 Å². The zero-order chi connectivity index (χ0) is 16.2. The van der Waals surface area contributed by atoms with Gasteiger partial charge in [-0.05, 0) is 48.5 Å². The van der Waals surface area contributed by atoms with Gasteiger partial charge in [0.25, 0.3) is 5.91 Å². The third kappa shape index (κ3) is 3.57. The maximum Gasteiger partial charge on any atom is 0.258 e. The van der Waals surface area contributed by atoms with Crippen LogP contribution in [0.25, 0.3) is 11.4 Å². The lowest BCUT2D eigenvalue weighted by Gasteiger charge is -2.01. The molecule has 0 fully saturated rings. The van der Waals surface area contributed by atoms with Crippen LogP contribution in [0.5, 0.6) is 5.75 Å². The molecule has 0 aliphatic heterocycles. The highest BCUT2D eigenvalue weighted by atomic mass is 79.9. The molecule has 23 heavy (non-hydrogen) atoms. The van der Waals surface area contributed by atoms with Crippen LogP contribution < -0.4 is 10.1 Å². The van der Waals surface area contributed by atoms with Crippen LogP contribution in [0.2, 0.25) is 0 Å². The predicted octanol–water partition coefficient (Wildman–Crippen LogP) is 3.50. The Morgan fingerprint density at radius 3 is 2.48 bits per heavy atom. The number of aromatic nitrogens is 3. The number of ether oxygens (including phenoxy) is 1. The topological polar surface area (TPSA) is 79.9 Å². The first kappa shape index (κ1) is 15.2. The SMILES string of the molecule is COc1ccc(-c2nc(NC(=O)c3ccc(Br)cc3)n[nH]2)cc1. The summed E-state index contributed by atoms with van der Waals surface area (Å²) in [4.78, 5) is 16.4. The Hall–Kier alpha value is -2.67. The molecule has 1 aromatic heterocycles. The van der Waals surface area contributed by atoms with Crippen molar-refractivity contribution in [1.29, 1.82) is 0 Å². The summed E-state index contributed by atoms with van der Waals surface area (Å²) in [7, 11) is 1.61. The average Bonchev–Trinajstić information content (AvgIpc) is 3.04. The first-order chi connectivity index (χ1) is 11.2. The molecule has 0 aliphatic carbocycles. The van der Waals surface area contributed by atoms with E-state index in [4.69, 9.17) is 4.74 Å². The smallest absolute Gasteiger partial charge is 0.258 e. The van der Waals surface area contributed by atoms with Crippen LogP contribution in [-0.4, -0.2) is 28.2 Å². The van der Waals surface area contributed by atoms with Crippen LogP contribution in [0.1, 0.15) is 10.4 Å². The van der Waals surface area contributed by atoms with Crippen LogP contribution in [0.4, 0.5) is 5.95 Å². The fourth-order valence-electron chi connectivity index (χ4n) is 1.97. The van der Waals surface area contributed by atoms with E-state index in [-0.39, 0.29) is 11.9 Å². The highest BCUT2D eigenvalue weighted by molar-refractivity contribution is 9.10. The quantitative estimate of drug-likeness (QED) is 0.734. The van der Waals surface area contributed by atoms with Gasteiger partial charge < -0.3 is 4.74 Å². The van der Waals surface area contributed by atoms with Gasteiger partial charge in [-0.25, -0.2) is 0 Å². The van der Waals surface area contributed by atoms with Gasteiger partial charge in [0.15, 0.2) is 5.82 Å². The van der Waals surface area contributed by atoms with Gasteiger partial charge in [0.05, 0.1) is 7.11 Å². The Kier molecular flexibility index (Phi) is 4.38. The van der Waals surface area contributed by atoms with Crippen molar-refractivity contribution in [2.75, 3.05) is 12.4 Å². The lowest BCUT2D eigenvalue weighted by molar-refractivity contribution is 0.102. The lowest BCUT2D eigenvalue weighted by atomic mass is 10.2. The summed E-state index contributed by atoms with van der Waals surface area (Å²) in [5, 5.41) is 9.47. The Labute approximate surface area is 141 Å². The number of nitrogens with one attached hydrogen (secondary N) is 2. The van der Waals surface area contributed by atoms with Crippen molar-refractivity contribution in [2.24, 2.45) is 0 Å². The number of hydrogen-bond acceptors (Lipinski definition) is 4. The van der Waals surface area contributed by atoms with E-state index < -0.39 is 0 Å². The van der Waals surface area contributed by atoms with E-state index in [1.54, 1.807) is 31.4 Å². The Bertz CT molecular complexity index is 813. The summed E-state index contributed by atoms with van der Waals surface area (Å²) in [6.07, 6.45) is 0. The number of carbonyl (C=O) groups excluding carboxylic acids is 1. The molecule has 0 spiro atoms. The number of H-pyrrole nitrogens is 1. The fourth-order valence-corrected chi connectivity index (χ4v) is 2.24. The monoisotopic (exact) mass is 372 g/mol. The Balaban J connectivity index is 1.73. The number of amides is 1. The third-order valence-corrected chi connectivity index (χ3v) is 3.71. The molecule has 0 atom stereocenters. The Morgan fingerprint density at radius 1 is 1.13 bits per heavy atom. The van der Waals surface area contributed by atoms with Gasteiger partial charge in [-0.2, -0.15) is 4.98 Å². The van der Waals surface area contributed by atoms with Gasteiger partial charge in [-0.15, -0.1) is 5.10 Å². The molecular weight excluding hydrogens is 360 g/mol. The molecule has 3 aromatic rings. The lowest BCUT2D eigenvalue weighted by Crippen LogP contribution is -2.12. The summed E-state index contributed by atoms with van der Waals surface area (Å²) < 4.78 is 6.02. The van der Waals surface area contributed by atoms with E-state index in [2.05, 4.69) is 36.4 Å². The summed E-state index contributed by atoms with van der Waals surface area (Å²) in [6.45, 7) is 0. The molecule has 0 saturated heterocycles. The van der Waals surface area contributed by atoms with Crippen LogP contribution >= 0.6 is 15.9 Å². The number of methoxy groups -OCH3 is 1. The molecular formula is C16H13BrN4O2. The number of rotatable bonds is 4. The fraction of sp³-hybridized carbons (Fsp3) is 0.0625. The second kappa shape index (κ2) is 6.62. The maximum atomic E-state index is 12.1. The number of aromatic amines is 1. The van der Waals surface area contributed by atoms with Crippen molar-refractivity contribution in [3.05, 3.63) is 58.6 Å². The number of hydrogen-bond donors (Lipinski definition) is 2. The second-order valence-corrected chi connectivity index (χ2v) is 5.61. The molecule has 1 amide bonds. The highest BCUT2D eigenvalue weighted by Crippen LogP contribution is 2.20. The zero-order valence-electron chi connectivity index (χ0n) is 12.2. The Morgan fingerprint density at radius 2 is 1.83 bits per heavy atom. The van der Waals surface area contributed by atoms with Crippen molar-refractivity contribution in [2.45, 2.75) is 0 Å². The minimum absolute atomic E-state index is 0.226. The van der Waals surface area contributed by atoms with Gasteiger partial charge >= 0.3 is 0 Å². The molecule has 2 aromatic carbocycles. The summed E-state index contributed by atoms with van der Waals surface area (Å²) in [6, 6.07) is 14.4. The van der Waals surface area contributed by atoms with E-state index >= 15 is 0 Å². The molecule has 0 bridgehead atoms. The van der Waals surface area contributed by atoms with Crippen LogP contribution in [0.15, 0.2) is 53.0 Å². The molecule has 0 unspecified atom stereocenters. The summed E-state index contributed by atoms with van der Waals surface area (Å²) in [5.41, 5.74) is 1.38. The van der Waals surface area contributed by atoms with E-state index in [0.29, 0.717) is 11.4 Å². The van der Waals surface area contributed by atoms with Gasteiger partial charge in [0, 0.05) is 15.6 Å². The largest absolute Gasteiger partial charge is 0.497 e. The molecule has 7 heteroatoms. The van der Waals surface area contributed by atoms with Crippen molar-refractivity contribution in [3.8, 4) is 17.1 Å². The van der Waals surface area contributed by atoms with Crippen molar-refractivity contribution < 1.29 is 9.53 Å². The van der Waals surface area contributed by atoms with Crippen molar-refractivity contribution >= 4 is 27.8 Å². The molecule has 0 radical (unpaired) electrons. The molecule has 116 valence electrons. The van der Waals surface area contributed by atoms with E-state index in [9.17, 15) is 4.79 Å². The molecule has 0 aliphatic rings.